The van der Waals surface area contributed by atoms with Gasteiger partial charge in [-0.1, -0.05) is 5.56 Å². The van der Waals surface area contributed by atoms with E-state index in [0.717, 1.165) is 12.1 Å². The van der Waals surface area contributed by atoms with Crippen molar-refractivity contribution in [2.24, 2.45) is 0 Å². The van der Waals surface area contributed by atoms with Gasteiger partial charge in [-0.2, -0.15) is 43.5 Å². The Labute approximate surface area is 106 Å². The molecule has 0 amide bonds. The van der Waals surface area contributed by atoms with Crippen molar-refractivity contribution in [2.45, 2.75) is 6.18 Å². The number of benzene rings is 1. The van der Waals surface area contributed by atoms with Crippen LogP contribution in [0.2, 0.25) is 0 Å². The minimum Gasteiger partial charge on any atom is -0.450 e. The minimum atomic E-state index is -4.23. The minimum absolute atomic E-state index is 0. The fourth-order valence-corrected chi connectivity index (χ4v) is 0.576. The van der Waals surface area contributed by atoms with E-state index in [9.17, 15) is 13.2 Å². The third kappa shape index (κ3) is 9.58. The van der Waals surface area contributed by atoms with Gasteiger partial charge >= 0.3 is 41.9 Å². The number of halogens is 3. The van der Waals surface area contributed by atoms with Crippen molar-refractivity contribution in [1.82, 2.24) is 0 Å². The van der Waals surface area contributed by atoms with Crippen LogP contribution in [0.25, 0.3) is 0 Å². The van der Waals surface area contributed by atoms with Gasteiger partial charge in [0.05, 0.1) is 0 Å². The average molecular weight is 230 g/mol. The molecular weight excluding hydrogens is 224 g/mol. The number of carbonyl (C=O) groups is 1. The summed E-state index contributed by atoms with van der Waals surface area (Å²) < 4.78 is 35.3. The van der Waals surface area contributed by atoms with Crippen LogP contribution in [-0.2, 0) is 6.18 Å². The van der Waals surface area contributed by atoms with Gasteiger partial charge in [-0.05, 0) is 0 Å². The van der Waals surface area contributed by atoms with E-state index in [1.165, 1.54) is 12.1 Å². The van der Waals surface area contributed by atoms with E-state index >= 15 is 0 Å². The molecule has 0 aliphatic rings. The van der Waals surface area contributed by atoms with Crippen molar-refractivity contribution < 1.29 is 57.7 Å². The maximum Gasteiger partial charge on any atom is 1.00 e. The molecule has 0 radical (unpaired) electrons. The van der Waals surface area contributed by atoms with Gasteiger partial charge in [0.15, 0.2) is 0 Å². The average Bonchev–Trinajstić information content (AvgIpc) is 2.03. The van der Waals surface area contributed by atoms with E-state index in [2.05, 4.69) is 6.07 Å². The largest absolute Gasteiger partial charge is 1.00 e. The predicted octanol–water partition coefficient (Wildman–Crippen LogP) is -0.268. The molecule has 0 atom stereocenters. The molecule has 0 aromatic heterocycles. The Bertz CT molecular complexity index is 283. The van der Waals surface area contributed by atoms with Gasteiger partial charge in [0.1, 0.15) is 0 Å². The van der Waals surface area contributed by atoms with Crippen molar-refractivity contribution >= 4 is 6.16 Å². The molecule has 1 aromatic rings. The first-order valence-corrected chi connectivity index (χ1v) is 3.29. The smallest absolute Gasteiger partial charge is 0.450 e. The summed E-state index contributed by atoms with van der Waals surface area (Å²) in [5.41, 5.74) is -0.633. The molecule has 0 bridgehead atoms. The van der Waals surface area contributed by atoms with E-state index in [1.807, 2.05) is 0 Å². The standard InChI is InChI=1S/C7H4F3.CH2O3.Na/c8-7(9,10)6-4-2-1-3-5-6;2-1(3)4;/h2-5H;(H2,2,3,4);/q-1;;+1. The zero-order valence-corrected chi connectivity index (χ0v) is 9.75. The summed E-state index contributed by atoms with van der Waals surface area (Å²) in [5, 5.41) is 13.9. The van der Waals surface area contributed by atoms with E-state index in [-0.39, 0.29) is 29.6 Å². The number of carboxylic acid groups (broad SMARTS) is 2. The first-order chi connectivity index (χ1) is 6.34. The van der Waals surface area contributed by atoms with Crippen LogP contribution in [-0.4, -0.2) is 16.4 Å². The van der Waals surface area contributed by atoms with Gasteiger partial charge in [0.25, 0.3) is 0 Å². The third-order valence-corrected chi connectivity index (χ3v) is 1.05. The Morgan fingerprint density at radius 3 is 1.73 bits per heavy atom. The molecule has 0 saturated heterocycles. The van der Waals surface area contributed by atoms with Gasteiger partial charge in [0, 0.05) is 0 Å². The molecule has 15 heavy (non-hydrogen) atoms. The maximum absolute atomic E-state index is 11.8. The van der Waals surface area contributed by atoms with Crippen LogP contribution in [0.15, 0.2) is 24.3 Å². The SMILES string of the molecule is FC(F)(F)c1cc[c-]cc1.O=C(O)O.[Na+]. The van der Waals surface area contributed by atoms with Crippen LogP contribution >= 0.6 is 0 Å². The van der Waals surface area contributed by atoms with Crippen molar-refractivity contribution in [2.75, 3.05) is 0 Å². The zero-order chi connectivity index (χ0) is 11.2. The molecule has 3 nitrogen and oxygen atoms in total. The van der Waals surface area contributed by atoms with E-state index < -0.39 is 17.9 Å². The zero-order valence-electron chi connectivity index (χ0n) is 7.75. The molecule has 0 heterocycles. The van der Waals surface area contributed by atoms with Crippen LogP contribution in [0.5, 0.6) is 0 Å². The first-order valence-electron chi connectivity index (χ1n) is 3.29. The molecule has 1 rings (SSSR count). The Kier molecular flexibility index (Phi) is 8.41. The van der Waals surface area contributed by atoms with Crippen molar-refractivity contribution in [3.63, 3.8) is 0 Å². The Balaban J connectivity index is 0. The van der Waals surface area contributed by atoms with Gasteiger partial charge in [-0.3, -0.25) is 0 Å². The Hall–Kier alpha value is -0.720. The fraction of sp³-hybridized carbons (Fsp3) is 0.125. The molecule has 1 aromatic carbocycles. The molecule has 0 aliphatic heterocycles. The Morgan fingerprint density at radius 2 is 1.53 bits per heavy atom. The van der Waals surface area contributed by atoms with Crippen molar-refractivity contribution in [1.29, 1.82) is 0 Å². The second-order valence-corrected chi connectivity index (χ2v) is 2.07. The number of hydrogen-bond acceptors (Lipinski definition) is 1. The molecule has 7 heteroatoms. The van der Waals surface area contributed by atoms with Gasteiger partial charge in [-0.15, -0.1) is 0 Å². The van der Waals surface area contributed by atoms with Gasteiger partial charge in [0.2, 0.25) is 0 Å². The molecule has 0 spiro atoms. The summed E-state index contributed by atoms with van der Waals surface area (Å²) in [4.78, 5) is 8.56. The number of rotatable bonds is 0. The van der Waals surface area contributed by atoms with E-state index in [1.54, 1.807) is 0 Å². The van der Waals surface area contributed by atoms with Crippen LogP contribution in [0, 0.1) is 6.07 Å². The van der Waals surface area contributed by atoms with Gasteiger partial charge < -0.3 is 10.2 Å². The summed E-state index contributed by atoms with van der Waals surface area (Å²) in [6.45, 7) is 0. The summed E-state index contributed by atoms with van der Waals surface area (Å²) in [6, 6.07) is 6.95. The number of hydrogen-bond donors (Lipinski definition) is 2. The molecule has 2 N–H and O–H groups in total. The first kappa shape index (κ1) is 16.7. The third-order valence-electron chi connectivity index (χ3n) is 1.05. The fourth-order valence-electron chi connectivity index (χ4n) is 0.576. The van der Waals surface area contributed by atoms with Crippen LogP contribution < -0.4 is 29.6 Å². The summed E-state index contributed by atoms with van der Waals surface area (Å²) in [7, 11) is 0. The van der Waals surface area contributed by atoms with Crippen LogP contribution in [0.1, 0.15) is 5.56 Å². The molecule has 0 saturated carbocycles. The molecule has 0 unspecified atom stereocenters. The number of alkyl halides is 3. The van der Waals surface area contributed by atoms with E-state index in [4.69, 9.17) is 15.0 Å². The van der Waals surface area contributed by atoms with Crippen LogP contribution in [0.4, 0.5) is 18.0 Å². The molecule has 0 fully saturated rings. The normalized spacial score (nSPS) is 9.27. The van der Waals surface area contributed by atoms with Crippen molar-refractivity contribution in [3.05, 3.63) is 35.9 Å². The molecule has 78 valence electrons. The topological polar surface area (TPSA) is 57.5 Å². The molecule has 0 aliphatic carbocycles. The Morgan fingerprint density at radius 1 is 1.20 bits per heavy atom. The summed E-state index contributed by atoms with van der Waals surface area (Å²) in [5.74, 6) is 0. The monoisotopic (exact) mass is 230 g/mol. The van der Waals surface area contributed by atoms with Gasteiger partial charge in [-0.25, -0.2) is 4.79 Å². The summed E-state index contributed by atoms with van der Waals surface area (Å²) >= 11 is 0. The maximum atomic E-state index is 11.8. The summed E-state index contributed by atoms with van der Waals surface area (Å²) in [6.07, 6.45) is -6.06. The van der Waals surface area contributed by atoms with Crippen molar-refractivity contribution in [3.8, 4) is 0 Å². The van der Waals surface area contributed by atoms with E-state index in [0.29, 0.717) is 0 Å². The predicted molar refractivity (Wildman–Crippen MR) is 40.9 cm³/mol. The quantitative estimate of drug-likeness (QED) is 0.476. The van der Waals surface area contributed by atoms with Crippen LogP contribution in [0.3, 0.4) is 0 Å². The second-order valence-electron chi connectivity index (χ2n) is 2.07. The second kappa shape index (κ2) is 7.56. The molecular formula is C8H6F3NaO3.